The van der Waals surface area contributed by atoms with Crippen molar-refractivity contribution < 1.29 is 0 Å². The van der Waals surface area contributed by atoms with Gasteiger partial charge in [-0.2, -0.15) is 0 Å². The Balaban J connectivity index is 2.28. The smallest absolute Gasteiger partial charge is 0.00265 e. The van der Waals surface area contributed by atoms with E-state index in [0.29, 0.717) is 0 Å². The predicted molar refractivity (Wildman–Crippen MR) is 86.7 cm³/mol. The molecule has 0 N–H and O–H groups in total. The largest absolute Gasteiger partial charge is 0.0754 e. The molecule has 0 aliphatic heterocycles. The van der Waals surface area contributed by atoms with Crippen LogP contribution in [0.5, 0.6) is 0 Å². The molecule has 1 aliphatic rings. The van der Waals surface area contributed by atoms with Crippen LogP contribution in [0.25, 0.3) is 38.4 Å². The Morgan fingerprint density at radius 3 is 2.20 bits per heavy atom. The van der Waals surface area contributed by atoms with E-state index in [0.717, 1.165) is 6.42 Å². The van der Waals surface area contributed by atoms with Gasteiger partial charge < -0.3 is 0 Å². The molecule has 1 aliphatic carbocycles. The lowest BCUT2D eigenvalue weighted by Gasteiger charge is -2.16. The Morgan fingerprint density at radius 2 is 1.35 bits per heavy atom. The van der Waals surface area contributed by atoms with Crippen LogP contribution < -0.4 is 5.22 Å². The first-order chi connectivity index (χ1) is 9.93. The molecule has 93 valence electrons. The Bertz CT molecular complexity index is 1030. The molecule has 0 atom stereocenters. The average Bonchev–Trinajstić information content (AvgIpc) is 2.52. The van der Waals surface area contributed by atoms with Crippen LogP contribution in [0.1, 0.15) is 12.0 Å². The van der Waals surface area contributed by atoms with Gasteiger partial charge in [0.15, 0.2) is 0 Å². The molecule has 1 radical (unpaired) electrons. The topological polar surface area (TPSA) is 0 Å². The minimum Gasteiger partial charge on any atom is -0.0754 e. The van der Waals surface area contributed by atoms with Gasteiger partial charge in [-0.05, 0) is 55.9 Å². The van der Waals surface area contributed by atoms with Crippen molar-refractivity contribution in [2.75, 3.05) is 0 Å². The number of hydrogen-bond donors (Lipinski definition) is 0. The highest BCUT2D eigenvalue weighted by molar-refractivity contribution is 6.22. The maximum atomic E-state index is 2.37. The van der Waals surface area contributed by atoms with Crippen LogP contribution in [-0.2, 0) is 0 Å². The van der Waals surface area contributed by atoms with Gasteiger partial charge in [-0.25, -0.2) is 0 Å². The summed E-state index contributed by atoms with van der Waals surface area (Å²) < 4.78 is 0. The standard InChI is InChI=1S/C20H13/c1-5-13-6-2-11-17-18-12-4-8-14-7-3-10-16(20(14)18)15(9-1)19(13)17/h1-3,5-12H,4H2. The van der Waals surface area contributed by atoms with Gasteiger partial charge in [0, 0.05) is 0 Å². The van der Waals surface area contributed by atoms with E-state index in [1.54, 1.807) is 0 Å². The number of benzene rings is 4. The highest BCUT2D eigenvalue weighted by atomic mass is 14.2. The van der Waals surface area contributed by atoms with E-state index < -0.39 is 0 Å². The van der Waals surface area contributed by atoms with Crippen LogP contribution in [0, 0.1) is 6.42 Å². The molecule has 0 heterocycles. The van der Waals surface area contributed by atoms with Gasteiger partial charge in [0.05, 0.1) is 0 Å². The van der Waals surface area contributed by atoms with E-state index in [9.17, 15) is 0 Å². The Kier molecular flexibility index (Phi) is 1.88. The van der Waals surface area contributed by atoms with E-state index in [1.165, 1.54) is 43.1 Å². The van der Waals surface area contributed by atoms with Gasteiger partial charge in [0.25, 0.3) is 0 Å². The molecule has 0 nitrogen and oxygen atoms in total. The fourth-order valence-electron chi connectivity index (χ4n) is 3.71. The fourth-order valence-corrected chi connectivity index (χ4v) is 3.71. The summed E-state index contributed by atoms with van der Waals surface area (Å²) in [5, 5.41) is 9.74. The van der Waals surface area contributed by atoms with Crippen molar-refractivity contribution in [3.05, 3.63) is 71.8 Å². The first kappa shape index (κ1) is 10.4. The quantitative estimate of drug-likeness (QED) is 0.317. The SMILES string of the molecule is [CH]1CC=c2c3cccc4cccc(c5cccc1c25)c43. The number of hydrogen-bond acceptors (Lipinski definition) is 0. The van der Waals surface area contributed by atoms with Crippen LogP contribution in [0.4, 0.5) is 0 Å². The molecular weight excluding hydrogens is 240 g/mol. The molecule has 4 aromatic carbocycles. The van der Waals surface area contributed by atoms with Crippen LogP contribution in [-0.4, -0.2) is 0 Å². The van der Waals surface area contributed by atoms with E-state index in [-0.39, 0.29) is 0 Å². The average molecular weight is 253 g/mol. The molecule has 0 saturated carbocycles. The van der Waals surface area contributed by atoms with Crippen molar-refractivity contribution >= 4 is 38.4 Å². The molecule has 0 unspecified atom stereocenters. The molecule has 5 rings (SSSR count). The van der Waals surface area contributed by atoms with Crippen molar-refractivity contribution in [1.82, 2.24) is 0 Å². The fraction of sp³-hybridized carbons (Fsp3) is 0.0500. The van der Waals surface area contributed by atoms with Gasteiger partial charge in [-0.1, -0.05) is 60.7 Å². The molecule has 0 fully saturated rings. The Labute approximate surface area is 117 Å². The summed E-state index contributed by atoms with van der Waals surface area (Å²) in [5.41, 5.74) is 1.38. The van der Waals surface area contributed by atoms with E-state index in [2.05, 4.69) is 67.1 Å². The molecule has 0 heteroatoms. The molecule has 0 spiro atoms. The van der Waals surface area contributed by atoms with E-state index >= 15 is 0 Å². The third kappa shape index (κ3) is 1.17. The van der Waals surface area contributed by atoms with E-state index in [1.807, 2.05) is 0 Å². The lowest BCUT2D eigenvalue weighted by atomic mass is 9.87. The molecule has 20 heavy (non-hydrogen) atoms. The van der Waals surface area contributed by atoms with E-state index in [4.69, 9.17) is 0 Å². The summed E-state index contributed by atoms with van der Waals surface area (Å²) in [6.07, 6.45) is 5.73. The Hall–Kier alpha value is -2.34. The third-order valence-corrected chi connectivity index (χ3v) is 4.51. The normalized spacial score (nSPS) is 14.0. The van der Waals surface area contributed by atoms with Gasteiger partial charge >= 0.3 is 0 Å². The summed E-state index contributed by atoms with van der Waals surface area (Å²) in [6.45, 7) is 0. The first-order valence-corrected chi connectivity index (χ1v) is 7.13. The van der Waals surface area contributed by atoms with Crippen LogP contribution in [0.2, 0.25) is 0 Å². The summed E-state index contributed by atoms with van der Waals surface area (Å²) in [6, 6.07) is 20.0. The lowest BCUT2D eigenvalue weighted by molar-refractivity contribution is 1.29. The zero-order chi connectivity index (χ0) is 13.1. The molecule has 4 aromatic rings. The molecule has 0 amide bonds. The molecule has 0 bridgehead atoms. The van der Waals surface area contributed by atoms with Gasteiger partial charge in [0.1, 0.15) is 0 Å². The highest BCUT2D eigenvalue weighted by Crippen LogP contribution is 2.33. The highest BCUT2D eigenvalue weighted by Gasteiger charge is 2.13. The Morgan fingerprint density at radius 1 is 0.650 bits per heavy atom. The summed E-state index contributed by atoms with van der Waals surface area (Å²) in [4.78, 5) is 0. The number of fused-ring (bicyclic) bond motifs is 2. The van der Waals surface area contributed by atoms with Crippen molar-refractivity contribution in [1.29, 1.82) is 0 Å². The summed E-state index contributed by atoms with van der Waals surface area (Å²) in [7, 11) is 0. The second-order valence-electron chi connectivity index (χ2n) is 5.54. The van der Waals surface area contributed by atoms with Gasteiger partial charge in [0.2, 0.25) is 0 Å². The van der Waals surface area contributed by atoms with Crippen molar-refractivity contribution in [3.8, 4) is 0 Å². The predicted octanol–water partition coefficient (Wildman–Crippen LogP) is 4.60. The van der Waals surface area contributed by atoms with Crippen molar-refractivity contribution in [2.24, 2.45) is 0 Å². The maximum absolute atomic E-state index is 2.37. The van der Waals surface area contributed by atoms with Crippen LogP contribution in [0.15, 0.2) is 54.6 Å². The van der Waals surface area contributed by atoms with Gasteiger partial charge in [-0.3, -0.25) is 0 Å². The lowest BCUT2D eigenvalue weighted by Crippen LogP contribution is -2.11. The maximum Gasteiger partial charge on any atom is -0.00265 e. The van der Waals surface area contributed by atoms with Crippen molar-refractivity contribution in [3.63, 3.8) is 0 Å². The minimum atomic E-state index is 1.03. The third-order valence-electron chi connectivity index (χ3n) is 4.51. The summed E-state index contributed by atoms with van der Waals surface area (Å²) >= 11 is 0. The first-order valence-electron chi connectivity index (χ1n) is 7.13. The van der Waals surface area contributed by atoms with Crippen LogP contribution >= 0.6 is 0 Å². The molecular formula is C20H13. The zero-order valence-electron chi connectivity index (χ0n) is 11.1. The molecule has 0 saturated heterocycles. The number of rotatable bonds is 0. The molecule has 0 aromatic heterocycles. The van der Waals surface area contributed by atoms with Gasteiger partial charge in [-0.15, -0.1) is 0 Å². The second-order valence-corrected chi connectivity index (χ2v) is 5.54. The summed E-state index contributed by atoms with van der Waals surface area (Å²) in [5.74, 6) is 0. The van der Waals surface area contributed by atoms with Crippen molar-refractivity contribution in [2.45, 2.75) is 6.42 Å². The van der Waals surface area contributed by atoms with Crippen LogP contribution in [0.3, 0.4) is 0 Å². The monoisotopic (exact) mass is 253 g/mol. The zero-order valence-corrected chi connectivity index (χ0v) is 11.1. The second kappa shape index (κ2) is 3.61. The minimum absolute atomic E-state index is 1.03.